The summed E-state index contributed by atoms with van der Waals surface area (Å²) in [7, 11) is 0. The molecule has 0 aromatic rings. The predicted molar refractivity (Wildman–Crippen MR) is 251 cm³/mol. The zero-order valence-electron chi connectivity index (χ0n) is 39.4. The van der Waals surface area contributed by atoms with Crippen molar-refractivity contribution in [2.75, 3.05) is 19.6 Å². The predicted octanol–water partition coefficient (Wildman–Crippen LogP) is 14.1. The van der Waals surface area contributed by atoms with Crippen LogP contribution in [0.4, 0.5) is 0 Å². The highest BCUT2D eigenvalue weighted by Gasteiger charge is 2.40. The smallest absolute Gasteiger partial charge is 0.0149 e. The highest BCUT2D eigenvalue weighted by atomic mass is 32.1. The van der Waals surface area contributed by atoms with Crippen molar-refractivity contribution in [2.24, 2.45) is 16.2 Å². The molecule has 0 amide bonds. The minimum absolute atomic E-state index is 0. The van der Waals surface area contributed by atoms with E-state index >= 15 is 0 Å². The first-order valence-corrected chi connectivity index (χ1v) is 20.5. The van der Waals surface area contributed by atoms with Gasteiger partial charge in [-0.3, -0.25) is 14.7 Å². The lowest BCUT2D eigenvalue weighted by atomic mass is 9.78. The molecule has 3 rings (SSSR count). The number of nitrogens with zero attached hydrogens (tertiary/aromatic N) is 3. The third kappa shape index (κ3) is 23.7. The minimum Gasteiger partial charge on any atom is -0.295 e. The van der Waals surface area contributed by atoms with Crippen LogP contribution in [0.2, 0.25) is 0 Å². The number of piperidine rings is 2. The third-order valence-corrected chi connectivity index (χ3v) is 9.84. The van der Waals surface area contributed by atoms with E-state index < -0.39 is 0 Å². The van der Waals surface area contributed by atoms with Crippen LogP contribution in [-0.4, -0.2) is 69.1 Å². The van der Waals surface area contributed by atoms with E-state index in [2.05, 4.69) is 139 Å². The van der Waals surface area contributed by atoms with Crippen molar-refractivity contribution >= 4 is 40.5 Å². The van der Waals surface area contributed by atoms with E-state index in [0.717, 1.165) is 18.1 Å². The van der Waals surface area contributed by atoms with E-state index in [-0.39, 0.29) is 40.5 Å². The van der Waals surface area contributed by atoms with Gasteiger partial charge in [-0.1, -0.05) is 117 Å². The maximum atomic E-state index is 2.70. The van der Waals surface area contributed by atoms with Gasteiger partial charge in [-0.25, -0.2) is 0 Å². The summed E-state index contributed by atoms with van der Waals surface area (Å²) in [6.45, 7) is 58.3. The quantitative estimate of drug-likeness (QED) is 0.243. The summed E-state index contributed by atoms with van der Waals surface area (Å²) in [6, 6.07) is 2.29. The Morgan fingerprint density at radius 1 is 0.300 bits per heavy atom. The molecule has 0 N–H and O–H groups in total. The van der Waals surface area contributed by atoms with Gasteiger partial charge >= 0.3 is 0 Å². The van der Waals surface area contributed by atoms with Crippen molar-refractivity contribution in [2.45, 2.75) is 252 Å². The Hall–Kier alpha value is 0.930. The van der Waals surface area contributed by atoms with Crippen LogP contribution in [0.1, 0.15) is 218 Å². The van der Waals surface area contributed by atoms with Gasteiger partial charge < -0.3 is 0 Å². The van der Waals surface area contributed by atoms with Crippen molar-refractivity contribution < 1.29 is 0 Å². The standard InChI is InChI=1S/2C13H27N.C12H25N.3C2H6.3H2S/c2*1-12(2,3)11-9-7-8-10-14(11)13(4,5)6;1-11(2,3)10-8-7-9-13(10)12(4,5)6;3*1-2;;;/h2*11H,7-10H2,1-6H3;10H,7-9H2,1-6H3;3*1-2H3;3*1H2. The molecule has 0 bridgehead atoms. The summed E-state index contributed by atoms with van der Waals surface area (Å²) < 4.78 is 0. The number of rotatable bonds is 0. The van der Waals surface area contributed by atoms with Crippen molar-refractivity contribution in [1.29, 1.82) is 0 Å². The van der Waals surface area contributed by atoms with Crippen LogP contribution in [0.5, 0.6) is 0 Å². The van der Waals surface area contributed by atoms with E-state index in [0.29, 0.717) is 32.9 Å². The molecule has 3 heterocycles. The number of hydrogen-bond donors (Lipinski definition) is 0. The Labute approximate surface area is 341 Å². The first-order valence-electron chi connectivity index (χ1n) is 20.5. The van der Waals surface area contributed by atoms with Gasteiger partial charge in [0.1, 0.15) is 0 Å². The summed E-state index contributed by atoms with van der Waals surface area (Å²) >= 11 is 0. The van der Waals surface area contributed by atoms with E-state index in [1.54, 1.807) is 0 Å². The second-order valence-electron chi connectivity index (χ2n) is 19.9. The van der Waals surface area contributed by atoms with Gasteiger partial charge in [0.2, 0.25) is 0 Å². The fourth-order valence-electron chi connectivity index (χ4n) is 7.74. The Morgan fingerprint density at radius 3 is 0.640 bits per heavy atom. The van der Waals surface area contributed by atoms with Gasteiger partial charge in [-0.05, 0) is 137 Å². The Balaban J connectivity index is -0.000000131. The molecular weight excluding hydrogens is 667 g/mol. The van der Waals surface area contributed by atoms with Crippen LogP contribution in [0.25, 0.3) is 0 Å². The Bertz CT molecular complexity index is 650. The Morgan fingerprint density at radius 2 is 0.480 bits per heavy atom. The number of likely N-dealkylation sites (tertiary alicyclic amines) is 3. The van der Waals surface area contributed by atoms with Crippen molar-refractivity contribution in [1.82, 2.24) is 14.7 Å². The highest BCUT2D eigenvalue weighted by molar-refractivity contribution is 7.59. The van der Waals surface area contributed by atoms with Gasteiger partial charge in [-0.2, -0.15) is 40.5 Å². The molecule has 0 spiro atoms. The van der Waals surface area contributed by atoms with E-state index in [1.165, 1.54) is 71.0 Å². The largest absolute Gasteiger partial charge is 0.295 e. The lowest BCUT2D eigenvalue weighted by molar-refractivity contribution is -0.00416. The minimum atomic E-state index is 0. The van der Waals surface area contributed by atoms with Crippen LogP contribution in [0.15, 0.2) is 0 Å². The average molecular weight is 771 g/mol. The monoisotopic (exact) mass is 770 g/mol. The fourth-order valence-corrected chi connectivity index (χ4v) is 7.74. The van der Waals surface area contributed by atoms with Gasteiger partial charge in [0.15, 0.2) is 0 Å². The lowest BCUT2D eigenvalue weighted by Gasteiger charge is -2.50. The SMILES string of the molecule is CC.CC.CC.CC(C)(C)C1CCCCN1C(C)(C)C.CC(C)(C)C1CCCCN1C(C)(C)C.CC(C)(C)C1CCCN1C(C)(C)C.S.S.S. The molecule has 3 unspecified atom stereocenters. The van der Waals surface area contributed by atoms with Crippen LogP contribution in [0, 0.1) is 16.2 Å². The van der Waals surface area contributed by atoms with Crippen molar-refractivity contribution in [3.8, 4) is 0 Å². The highest BCUT2D eigenvalue weighted by Crippen LogP contribution is 2.38. The summed E-state index contributed by atoms with van der Waals surface area (Å²) in [4.78, 5) is 8.08. The molecule has 3 saturated heterocycles. The van der Waals surface area contributed by atoms with Gasteiger partial charge in [0.25, 0.3) is 0 Å². The van der Waals surface area contributed by atoms with E-state index in [4.69, 9.17) is 0 Å². The first-order chi connectivity index (χ1) is 21.2. The first kappa shape index (κ1) is 62.9. The number of hydrogen-bond acceptors (Lipinski definition) is 3. The maximum Gasteiger partial charge on any atom is 0.0149 e. The van der Waals surface area contributed by atoms with Gasteiger partial charge in [0, 0.05) is 34.7 Å². The van der Waals surface area contributed by atoms with Crippen molar-refractivity contribution in [3.63, 3.8) is 0 Å². The molecule has 3 atom stereocenters. The molecule has 0 aromatic carbocycles. The van der Waals surface area contributed by atoms with Crippen LogP contribution >= 0.6 is 40.5 Å². The molecule has 0 radical (unpaired) electrons. The van der Waals surface area contributed by atoms with Gasteiger partial charge in [0.05, 0.1) is 0 Å². The average Bonchev–Trinajstić information content (AvgIpc) is 3.48. The molecule has 3 fully saturated rings. The van der Waals surface area contributed by atoms with E-state index in [9.17, 15) is 0 Å². The molecule has 50 heavy (non-hydrogen) atoms. The van der Waals surface area contributed by atoms with E-state index in [1.807, 2.05) is 41.5 Å². The second kappa shape index (κ2) is 27.5. The van der Waals surface area contributed by atoms with Crippen LogP contribution in [-0.2, 0) is 0 Å². The van der Waals surface area contributed by atoms with Crippen molar-refractivity contribution in [3.05, 3.63) is 0 Å². The summed E-state index contributed by atoms with van der Waals surface area (Å²) in [5, 5.41) is 0. The fraction of sp³-hybridized carbons (Fsp3) is 1.00. The second-order valence-corrected chi connectivity index (χ2v) is 19.9. The zero-order chi connectivity index (χ0) is 38.2. The summed E-state index contributed by atoms with van der Waals surface area (Å²) in [5.41, 5.74) is 2.29. The molecule has 0 aliphatic carbocycles. The molecule has 3 nitrogen and oxygen atoms in total. The van der Waals surface area contributed by atoms with Gasteiger partial charge in [-0.15, -0.1) is 0 Å². The maximum absolute atomic E-state index is 2.70. The van der Waals surface area contributed by atoms with Crippen LogP contribution in [0.3, 0.4) is 0 Å². The molecule has 3 aliphatic heterocycles. The molecule has 0 saturated carbocycles. The molecule has 0 aromatic heterocycles. The normalized spacial score (nSPS) is 22.2. The third-order valence-electron chi connectivity index (χ3n) is 9.84. The summed E-state index contributed by atoms with van der Waals surface area (Å²) in [5.74, 6) is 0. The zero-order valence-corrected chi connectivity index (χ0v) is 42.4. The summed E-state index contributed by atoms with van der Waals surface area (Å²) in [6.07, 6.45) is 11.1. The topological polar surface area (TPSA) is 9.72 Å². The molecule has 312 valence electrons. The lowest BCUT2D eigenvalue weighted by Crippen LogP contribution is -2.55. The molecule has 6 heteroatoms. The van der Waals surface area contributed by atoms with Crippen LogP contribution < -0.4 is 0 Å². The molecular formula is C44H103N3S3. The molecule has 3 aliphatic rings. The Kier molecular flexibility index (Phi) is 34.6.